The lowest BCUT2D eigenvalue weighted by Crippen LogP contribution is -2.30. The molecule has 2 unspecified atom stereocenters. The molecule has 3 rings (SSSR count). The van der Waals surface area contributed by atoms with Crippen LogP contribution in [0.2, 0.25) is 0 Å². The highest BCUT2D eigenvalue weighted by Crippen LogP contribution is 2.30. The van der Waals surface area contributed by atoms with Crippen molar-refractivity contribution in [1.82, 2.24) is 9.38 Å². The molecule has 0 bridgehead atoms. The minimum atomic E-state index is 0.595. The maximum Gasteiger partial charge on any atom is 0.199 e. The van der Waals surface area contributed by atoms with E-state index in [0.717, 1.165) is 24.7 Å². The zero-order valence-electron chi connectivity index (χ0n) is 11.2. The largest absolute Gasteiger partial charge is 0.478 e. The molecular weight excluding hydrogens is 238 g/mol. The molecule has 1 fully saturated rings. The van der Waals surface area contributed by atoms with Crippen LogP contribution in [0.1, 0.15) is 25.7 Å². The average Bonchev–Trinajstić information content (AvgIpc) is 2.94. The number of hydrogen-bond donors (Lipinski definition) is 1. The Hall–Kier alpha value is -1.55. The van der Waals surface area contributed by atoms with Crippen molar-refractivity contribution in [2.45, 2.75) is 25.7 Å². The van der Waals surface area contributed by atoms with E-state index in [1.165, 1.54) is 25.7 Å². The number of imidazole rings is 1. The maximum atomic E-state index is 6.02. The number of nitrogens with two attached hydrogens (primary N) is 1. The van der Waals surface area contributed by atoms with Crippen LogP contribution in [0, 0.1) is 11.8 Å². The molecule has 2 atom stereocenters. The van der Waals surface area contributed by atoms with Crippen LogP contribution < -0.4 is 10.5 Å². The Morgan fingerprint density at radius 3 is 2.95 bits per heavy atom. The Morgan fingerprint density at radius 2 is 2.11 bits per heavy atom. The Labute approximate surface area is 113 Å². The number of hydrogen-bond acceptors (Lipinski definition) is 3. The maximum absolute atomic E-state index is 6.02. The molecule has 1 saturated carbocycles. The summed E-state index contributed by atoms with van der Waals surface area (Å²) >= 11 is 0. The monoisotopic (exact) mass is 259 g/mol. The van der Waals surface area contributed by atoms with Crippen molar-refractivity contribution in [3.05, 3.63) is 30.6 Å². The smallest absolute Gasteiger partial charge is 0.199 e. The quantitative estimate of drug-likeness (QED) is 0.917. The summed E-state index contributed by atoms with van der Waals surface area (Å²) < 4.78 is 8.00. The zero-order chi connectivity index (χ0) is 13.1. The van der Waals surface area contributed by atoms with Crippen LogP contribution >= 0.6 is 0 Å². The SMILES string of the molecule is NCC1CCCCC1COc1cccc2nccn12. The molecule has 0 radical (unpaired) electrons. The van der Waals surface area contributed by atoms with E-state index in [-0.39, 0.29) is 0 Å². The first-order chi connectivity index (χ1) is 9.38. The molecule has 1 aliphatic rings. The molecule has 102 valence electrons. The summed E-state index contributed by atoms with van der Waals surface area (Å²) in [5.41, 5.74) is 6.79. The molecular formula is C15H21N3O. The summed E-state index contributed by atoms with van der Waals surface area (Å²) in [6.45, 7) is 1.54. The second kappa shape index (κ2) is 5.61. The molecule has 0 aliphatic heterocycles. The lowest BCUT2D eigenvalue weighted by atomic mass is 9.80. The fourth-order valence-electron chi connectivity index (χ4n) is 3.05. The van der Waals surface area contributed by atoms with E-state index < -0.39 is 0 Å². The molecule has 0 aromatic carbocycles. The van der Waals surface area contributed by atoms with Crippen LogP contribution in [-0.4, -0.2) is 22.5 Å². The van der Waals surface area contributed by atoms with Gasteiger partial charge in [0.15, 0.2) is 5.88 Å². The van der Waals surface area contributed by atoms with Gasteiger partial charge in [-0.3, -0.25) is 4.40 Å². The second-order valence-electron chi connectivity index (χ2n) is 5.37. The van der Waals surface area contributed by atoms with Crippen molar-refractivity contribution >= 4 is 5.65 Å². The Morgan fingerprint density at radius 1 is 1.26 bits per heavy atom. The molecule has 2 aromatic rings. The van der Waals surface area contributed by atoms with Crippen molar-refractivity contribution < 1.29 is 4.74 Å². The first-order valence-corrected chi connectivity index (χ1v) is 7.13. The minimum Gasteiger partial charge on any atom is -0.478 e. The molecule has 1 aliphatic carbocycles. The number of pyridine rings is 1. The molecule has 0 amide bonds. The summed E-state index contributed by atoms with van der Waals surface area (Å²) in [5.74, 6) is 2.09. The Kier molecular flexibility index (Phi) is 3.69. The molecule has 2 heterocycles. The van der Waals surface area contributed by atoms with Gasteiger partial charge in [0.05, 0.1) is 6.61 Å². The van der Waals surface area contributed by atoms with Gasteiger partial charge in [0.1, 0.15) is 5.65 Å². The molecule has 4 nitrogen and oxygen atoms in total. The lowest BCUT2D eigenvalue weighted by Gasteiger charge is -2.30. The van der Waals surface area contributed by atoms with Crippen molar-refractivity contribution in [3.8, 4) is 5.88 Å². The standard InChI is InChI=1S/C15H21N3O/c16-10-12-4-1-2-5-13(12)11-19-15-7-3-6-14-17-8-9-18(14)15/h3,6-9,12-13H,1-2,4-5,10-11,16H2. The van der Waals surface area contributed by atoms with Crippen LogP contribution in [0.15, 0.2) is 30.6 Å². The fourth-order valence-corrected chi connectivity index (χ4v) is 3.05. The topological polar surface area (TPSA) is 52.5 Å². The van der Waals surface area contributed by atoms with E-state index in [4.69, 9.17) is 10.5 Å². The molecule has 0 saturated heterocycles. The summed E-state index contributed by atoms with van der Waals surface area (Å²) in [4.78, 5) is 4.27. The van der Waals surface area contributed by atoms with E-state index in [1.54, 1.807) is 6.20 Å². The predicted octanol–water partition coefficient (Wildman–Crippen LogP) is 2.48. The Bertz CT molecular complexity index is 537. The molecule has 0 spiro atoms. The summed E-state index contributed by atoms with van der Waals surface area (Å²) in [6, 6.07) is 5.96. The Balaban J connectivity index is 1.69. The third-order valence-corrected chi connectivity index (χ3v) is 4.21. The first-order valence-electron chi connectivity index (χ1n) is 7.13. The van der Waals surface area contributed by atoms with Crippen molar-refractivity contribution in [2.75, 3.05) is 13.2 Å². The molecule has 2 aromatic heterocycles. The lowest BCUT2D eigenvalue weighted by molar-refractivity contribution is 0.148. The van der Waals surface area contributed by atoms with E-state index in [1.807, 2.05) is 28.8 Å². The summed E-state index contributed by atoms with van der Waals surface area (Å²) in [7, 11) is 0. The van der Waals surface area contributed by atoms with Gasteiger partial charge in [-0.05, 0) is 43.4 Å². The second-order valence-corrected chi connectivity index (χ2v) is 5.37. The van der Waals surface area contributed by atoms with Gasteiger partial charge in [0, 0.05) is 12.4 Å². The molecule has 4 heteroatoms. The number of aromatic nitrogens is 2. The van der Waals surface area contributed by atoms with Gasteiger partial charge in [-0.2, -0.15) is 0 Å². The number of nitrogens with zero attached hydrogens (tertiary/aromatic N) is 2. The van der Waals surface area contributed by atoms with Crippen LogP contribution in [0.25, 0.3) is 5.65 Å². The minimum absolute atomic E-state index is 0.595. The van der Waals surface area contributed by atoms with E-state index >= 15 is 0 Å². The van der Waals surface area contributed by atoms with Crippen LogP contribution in [0.5, 0.6) is 5.88 Å². The third kappa shape index (κ3) is 2.59. The van der Waals surface area contributed by atoms with Gasteiger partial charge in [0.2, 0.25) is 0 Å². The van der Waals surface area contributed by atoms with E-state index in [0.29, 0.717) is 11.8 Å². The van der Waals surface area contributed by atoms with Crippen LogP contribution in [0.3, 0.4) is 0 Å². The molecule has 2 N–H and O–H groups in total. The average molecular weight is 259 g/mol. The van der Waals surface area contributed by atoms with Crippen molar-refractivity contribution in [1.29, 1.82) is 0 Å². The van der Waals surface area contributed by atoms with Gasteiger partial charge in [-0.15, -0.1) is 0 Å². The zero-order valence-corrected chi connectivity index (χ0v) is 11.2. The van der Waals surface area contributed by atoms with Crippen molar-refractivity contribution in [2.24, 2.45) is 17.6 Å². The highest BCUT2D eigenvalue weighted by atomic mass is 16.5. The number of rotatable bonds is 4. The van der Waals surface area contributed by atoms with Gasteiger partial charge in [-0.25, -0.2) is 4.98 Å². The normalized spacial score (nSPS) is 23.6. The number of ether oxygens (including phenoxy) is 1. The summed E-state index contributed by atoms with van der Waals surface area (Å²) in [5, 5.41) is 0. The fraction of sp³-hybridized carbons (Fsp3) is 0.533. The van der Waals surface area contributed by atoms with Gasteiger partial charge < -0.3 is 10.5 Å². The summed E-state index contributed by atoms with van der Waals surface area (Å²) in [6.07, 6.45) is 8.84. The highest BCUT2D eigenvalue weighted by Gasteiger charge is 2.24. The van der Waals surface area contributed by atoms with Crippen LogP contribution in [-0.2, 0) is 0 Å². The van der Waals surface area contributed by atoms with E-state index in [2.05, 4.69) is 4.98 Å². The van der Waals surface area contributed by atoms with Gasteiger partial charge in [0.25, 0.3) is 0 Å². The van der Waals surface area contributed by atoms with Crippen LogP contribution in [0.4, 0.5) is 0 Å². The highest BCUT2D eigenvalue weighted by molar-refractivity contribution is 5.41. The molecule has 19 heavy (non-hydrogen) atoms. The van der Waals surface area contributed by atoms with Gasteiger partial charge in [-0.1, -0.05) is 18.9 Å². The number of fused-ring (bicyclic) bond motifs is 1. The van der Waals surface area contributed by atoms with Gasteiger partial charge >= 0.3 is 0 Å². The third-order valence-electron chi connectivity index (χ3n) is 4.21. The predicted molar refractivity (Wildman–Crippen MR) is 75.2 cm³/mol. The first kappa shape index (κ1) is 12.5. The van der Waals surface area contributed by atoms with E-state index in [9.17, 15) is 0 Å². The van der Waals surface area contributed by atoms with Crippen molar-refractivity contribution in [3.63, 3.8) is 0 Å².